The monoisotopic (exact) mass is 338 g/mol. The van der Waals surface area contributed by atoms with Gasteiger partial charge in [-0.25, -0.2) is 13.6 Å². The van der Waals surface area contributed by atoms with Crippen molar-refractivity contribution in [3.8, 4) is 0 Å². The van der Waals surface area contributed by atoms with Crippen molar-refractivity contribution in [1.82, 2.24) is 10.2 Å². The molecule has 2 aliphatic rings. The average molecular weight is 338 g/mol. The highest BCUT2D eigenvalue weighted by Gasteiger charge is 2.30. The number of amides is 2. The lowest BCUT2D eigenvalue weighted by Crippen LogP contribution is -2.46. The smallest absolute Gasteiger partial charge is 0.317 e. The van der Waals surface area contributed by atoms with Crippen LogP contribution >= 0.6 is 0 Å². The number of benzene rings is 1. The molecule has 1 aromatic carbocycles. The maximum absolute atomic E-state index is 13.5. The fourth-order valence-electron chi connectivity index (χ4n) is 3.60. The minimum Gasteiger partial charge on any atom is -0.378 e. The predicted octanol–water partition coefficient (Wildman–Crippen LogP) is 3.11. The minimum atomic E-state index is -0.464. The van der Waals surface area contributed by atoms with E-state index in [1.54, 1.807) is 4.90 Å². The van der Waals surface area contributed by atoms with Crippen LogP contribution in [-0.4, -0.2) is 43.3 Å². The lowest BCUT2D eigenvalue weighted by molar-refractivity contribution is 0.0372. The number of ether oxygens (including phenoxy) is 1. The lowest BCUT2D eigenvalue weighted by Gasteiger charge is -2.34. The number of piperidine rings is 1. The molecule has 0 aromatic heterocycles. The highest BCUT2D eigenvalue weighted by molar-refractivity contribution is 5.74. The second kappa shape index (κ2) is 7.92. The Hall–Kier alpha value is -1.69. The van der Waals surface area contributed by atoms with Gasteiger partial charge >= 0.3 is 6.03 Å². The van der Waals surface area contributed by atoms with Crippen LogP contribution in [0.3, 0.4) is 0 Å². The number of hydrogen-bond acceptors (Lipinski definition) is 2. The van der Waals surface area contributed by atoms with Gasteiger partial charge in [-0.15, -0.1) is 0 Å². The number of nitrogens with zero attached hydrogens (tertiary/aromatic N) is 1. The Bertz CT molecular complexity index is 568. The summed E-state index contributed by atoms with van der Waals surface area (Å²) in [5.41, 5.74) is 0.285. The molecule has 0 unspecified atom stereocenters. The second-order valence-corrected chi connectivity index (χ2v) is 6.59. The molecule has 0 radical (unpaired) electrons. The van der Waals surface area contributed by atoms with Gasteiger partial charge in [0.05, 0.1) is 6.10 Å². The molecule has 4 nitrogen and oxygen atoms in total. The zero-order valence-electron chi connectivity index (χ0n) is 13.8. The van der Waals surface area contributed by atoms with Crippen molar-refractivity contribution in [1.29, 1.82) is 0 Å². The molecule has 1 aromatic rings. The van der Waals surface area contributed by atoms with Gasteiger partial charge in [-0.1, -0.05) is 0 Å². The van der Waals surface area contributed by atoms with E-state index in [-0.39, 0.29) is 18.0 Å². The molecule has 2 amide bonds. The summed E-state index contributed by atoms with van der Waals surface area (Å²) in [5.74, 6) is -0.352. The van der Waals surface area contributed by atoms with Crippen molar-refractivity contribution >= 4 is 6.03 Å². The van der Waals surface area contributed by atoms with E-state index in [0.717, 1.165) is 57.5 Å². The molecule has 2 saturated heterocycles. The standard InChI is InChI=1S/C18H24F2N2O2/c19-15-3-4-16(20)14(12-15)5-8-21-18(23)22-9-6-13(7-10-22)17-2-1-11-24-17/h3-4,12-13,17H,1-2,5-11H2,(H,21,23)/t17-/m0/s1. The first kappa shape index (κ1) is 17.1. The molecule has 0 aliphatic carbocycles. The maximum atomic E-state index is 13.5. The molecule has 132 valence electrons. The normalized spacial score (nSPS) is 21.9. The first-order chi connectivity index (χ1) is 11.6. The quantitative estimate of drug-likeness (QED) is 0.916. The van der Waals surface area contributed by atoms with Crippen molar-refractivity contribution in [2.24, 2.45) is 5.92 Å². The van der Waals surface area contributed by atoms with Crippen LogP contribution in [-0.2, 0) is 11.2 Å². The summed E-state index contributed by atoms with van der Waals surface area (Å²) in [7, 11) is 0. The van der Waals surface area contributed by atoms with E-state index in [0.29, 0.717) is 18.6 Å². The highest BCUT2D eigenvalue weighted by Crippen LogP contribution is 2.28. The Morgan fingerprint density at radius 1 is 1.25 bits per heavy atom. The zero-order chi connectivity index (χ0) is 16.9. The summed E-state index contributed by atoms with van der Waals surface area (Å²) < 4.78 is 32.4. The first-order valence-electron chi connectivity index (χ1n) is 8.72. The number of nitrogens with one attached hydrogen (secondary N) is 1. The number of halogens is 2. The van der Waals surface area contributed by atoms with Crippen LogP contribution in [0.2, 0.25) is 0 Å². The van der Waals surface area contributed by atoms with Crippen molar-refractivity contribution < 1.29 is 18.3 Å². The van der Waals surface area contributed by atoms with Crippen LogP contribution in [0, 0.1) is 17.6 Å². The van der Waals surface area contributed by atoms with Crippen LogP contribution in [0.1, 0.15) is 31.2 Å². The SMILES string of the molecule is O=C(NCCc1cc(F)ccc1F)N1CCC([C@@H]2CCCO2)CC1. The van der Waals surface area contributed by atoms with Gasteiger partial charge in [-0.3, -0.25) is 0 Å². The Kier molecular flexibility index (Phi) is 5.66. The van der Waals surface area contributed by atoms with E-state index in [4.69, 9.17) is 4.74 Å². The molecular formula is C18H24F2N2O2. The predicted molar refractivity (Wildman–Crippen MR) is 86.7 cm³/mol. The molecule has 2 heterocycles. The third kappa shape index (κ3) is 4.23. The molecule has 0 bridgehead atoms. The van der Waals surface area contributed by atoms with E-state index in [2.05, 4.69) is 5.32 Å². The summed E-state index contributed by atoms with van der Waals surface area (Å²) in [6, 6.07) is 3.25. The zero-order valence-corrected chi connectivity index (χ0v) is 13.8. The maximum Gasteiger partial charge on any atom is 0.317 e. The van der Waals surface area contributed by atoms with Gasteiger partial charge in [-0.2, -0.15) is 0 Å². The van der Waals surface area contributed by atoms with Crippen molar-refractivity contribution in [2.45, 2.75) is 38.2 Å². The summed E-state index contributed by atoms with van der Waals surface area (Å²) in [4.78, 5) is 14.0. The van der Waals surface area contributed by atoms with Crippen LogP contribution in [0.15, 0.2) is 18.2 Å². The minimum absolute atomic E-state index is 0.127. The lowest BCUT2D eigenvalue weighted by atomic mass is 9.90. The van der Waals surface area contributed by atoms with Crippen molar-refractivity contribution in [3.05, 3.63) is 35.4 Å². The van der Waals surface area contributed by atoms with Gasteiger partial charge < -0.3 is 15.0 Å². The first-order valence-corrected chi connectivity index (χ1v) is 8.72. The van der Waals surface area contributed by atoms with Crippen molar-refractivity contribution in [3.63, 3.8) is 0 Å². The van der Waals surface area contributed by atoms with Gasteiger partial charge in [0.1, 0.15) is 11.6 Å². The number of likely N-dealkylation sites (tertiary alicyclic amines) is 1. The average Bonchev–Trinajstić information content (AvgIpc) is 3.12. The topological polar surface area (TPSA) is 41.6 Å². The van der Waals surface area contributed by atoms with Crippen molar-refractivity contribution in [2.75, 3.05) is 26.2 Å². The van der Waals surface area contributed by atoms with E-state index in [1.165, 1.54) is 6.07 Å². The Morgan fingerprint density at radius 2 is 2.04 bits per heavy atom. The van der Waals surface area contributed by atoms with Gasteiger partial charge in [0.25, 0.3) is 0 Å². The Morgan fingerprint density at radius 3 is 2.75 bits per heavy atom. The van der Waals surface area contributed by atoms with Crippen LogP contribution in [0.4, 0.5) is 13.6 Å². The van der Waals surface area contributed by atoms with Gasteiger partial charge in [0, 0.05) is 26.2 Å². The van der Waals surface area contributed by atoms with E-state index in [1.807, 2.05) is 0 Å². The summed E-state index contributed by atoms with van der Waals surface area (Å²) in [6.45, 7) is 2.61. The molecule has 6 heteroatoms. The van der Waals surface area contributed by atoms with E-state index >= 15 is 0 Å². The van der Waals surface area contributed by atoms with Crippen LogP contribution < -0.4 is 5.32 Å². The molecule has 0 saturated carbocycles. The fraction of sp³-hybridized carbons (Fsp3) is 0.611. The van der Waals surface area contributed by atoms with Gasteiger partial charge in [0.2, 0.25) is 0 Å². The van der Waals surface area contributed by atoms with E-state index < -0.39 is 11.6 Å². The summed E-state index contributed by atoms with van der Waals surface area (Å²) in [5, 5.41) is 2.80. The summed E-state index contributed by atoms with van der Waals surface area (Å²) in [6.07, 6.45) is 4.86. The molecule has 1 atom stereocenters. The largest absolute Gasteiger partial charge is 0.378 e. The van der Waals surface area contributed by atoms with E-state index in [9.17, 15) is 13.6 Å². The molecular weight excluding hydrogens is 314 g/mol. The van der Waals surface area contributed by atoms with Crippen LogP contribution in [0.5, 0.6) is 0 Å². The molecule has 0 spiro atoms. The number of carbonyl (C=O) groups excluding carboxylic acids is 1. The number of urea groups is 1. The highest BCUT2D eigenvalue weighted by atomic mass is 19.1. The molecule has 24 heavy (non-hydrogen) atoms. The molecule has 1 N–H and O–H groups in total. The molecule has 2 fully saturated rings. The second-order valence-electron chi connectivity index (χ2n) is 6.59. The van der Waals surface area contributed by atoms with Gasteiger partial charge in [-0.05, 0) is 61.8 Å². The Balaban J connectivity index is 1.40. The summed E-state index contributed by atoms with van der Waals surface area (Å²) >= 11 is 0. The Labute approximate surface area is 141 Å². The number of hydrogen-bond donors (Lipinski definition) is 1. The third-order valence-corrected chi connectivity index (χ3v) is 5.00. The molecule has 2 aliphatic heterocycles. The third-order valence-electron chi connectivity index (χ3n) is 5.00. The number of rotatable bonds is 4. The fourth-order valence-corrected chi connectivity index (χ4v) is 3.60. The van der Waals surface area contributed by atoms with Crippen LogP contribution in [0.25, 0.3) is 0 Å². The molecule has 3 rings (SSSR count). The van der Waals surface area contributed by atoms with Gasteiger partial charge in [0.15, 0.2) is 0 Å². The number of carbonyl (C=O) groups is 1.